The third-order valence-corrected chi connectivity index (χ3v) is 4.46. The van der Waals surface area contributed by atoms with Crippen LogP contribution in [0.3, 0.4) is 0 Å². The highest BCUT2D eigenvalue weighted by Crippen LogP contribution is 2.29. The van der Waals surface area contributed by atoms with Crippen molar-refractivity contribution in [3.63, 3.8) is 0 Å². The van der Waals surface area contributed by atoms with Crippen LogP contribution in [0, 0.1) is 19.7 Å². The standard InChI is InChI=1S/C17H17FOS.C2H6/c1-11-12(2)17(20-3)15(18)9-14(11)10-16(19)13-7-5-4-6-8-13;1-2/h4-9H,10H2,1-3H3;1-2H3. The van der Waals surface area contributed by atoms with Crippen LogP contribution in [0.2, 0.25) is 0 Å². The minimum absolute atomic E-state index is 0.0180. The van der Waals surface area contributed by atoms with Gasteiger partial charge in [0, 0.05) is 16.9 Å². The van der Waals surface area contributed by atoms with Crippen LogP contribution in [0.15, 0.2) is 41.3 Å². The fourth-order valence-corrected chi connectivity index (χ4v) is 2.96. The van der Waals surface area contributed by atoms with E-state index < -0.39 is 0 Å². The molecule has 0 aliphatic heterocycles. The summed E-state index contributed by atoms with van der Waals surface area (Å²) < 4.78 is 14.0. The van der Waals surface area contributed by atoms with Crippen molar-refractivity contribution in [2.75, 3.05) is 6.26 Å². The molecule has 2 aromatic carbocycles. The van der Waals surface area contributed by atoms with E-state index in [-0.39, 0.29) is 18.0 Å². The van der Waals surface area contributed by atoms with Crippen molar-refractivity contribution in [1.82, 2.24) is 0 Å². The molecule has 0 spiro atoms. The molecule has 0 aromatic heterocycles. The fraction of sp³-hybridized carbons (Fsp3) is 0.316. The molecule has 0 bridgehead atoms. The number of carbonyl (C=O) groups is 1. The molecule has 0 N–H and O–H groups in total. The van der Waals surface area contributed by atoms with Gasteiger partial charge in [0.1, 0.15) is 5.82 Å². The molecule has 3 heteroatoms. The van der Waals surface area contributed by atoms with Crippen molar-refractivity contribution in [3.05, 3.63) is 64.5 Å². The molecule has 2 aromatic rings. The van der Waals surface area contributed by atoms with E-state index in [0.717, 1.165) is 16.7 Å². The molecule has 0 aliphatic rings. The second-order valence-electron chi connectivity index (χ2n) is 4.77. The van der Waals surface area contributed by atoms with E-state index in [0.29, 0.717) is 10.5 Å². The first-order valence-electron chi connectivity index (χ1n) is 7.45. The van der Waals surface area contributed by atoms with Crippen LogP contribution >= 0.6 is 11.8 Å². The summed E-state index contributed by atoms with van der Waals surface area (Å²) in [5.74, 6) is -0.221. The largest absolute Gasteiger partial charge is 0.294 e. The molecule has 0 unspecified atom stereocenters. The smallest absolute Gasteiger partial charge is 0.167 e. The third-order valence-electron chi connectivity index (χ3n) is 3.55. The Morgan fingerprint density at radius 1 is 1.09 bits per heavy atom. The van der Waals surface area contributed by atoms with Crippen LogP contribution in [0.4, 0.5) is 4.39 Å². The van der Waals surface area contributed by atoms with Crippen molar-refractivity contribution in [1.29, 1.82) is 0 Å². The lowest BCUT2D eigenvalue weighted by atomic mass is 9.96. The zero-order valence-corrected chi connectivity index (χ0v) is 14.7. The van der Waals surface area contributed by atoms with E-state index in [1.165, 1.54) is 17.8 Å². The lowest BCUT2D eigenvalue weighted by molar-refractivity contribution is 0.0992. The first kappa shape index (κ1) is 18.4. The van der Waals surface area contributed by atoms with Crippen molar-refractivity contribution < 1.29 is 9.18 Å². The molecule has 0 saturated heterocycles. The second-order valence-corrected chi connectivity index (χ2v) is 5.58. The van der Waals surface area contributed by atoms with Crippen molar-refractivity contribution >= 4 is 17.5 Å². The number of thioether (sulfide) groups is 1. The molecule has 0 atom stereocenters. The maximum atomic E-state index is 14.0. The number of halogens is 1. The molecule has 0 aliphatic carbocycles. The van der Waals surface area contributed by atoms with E-state index in [1.807, 2.05) is 52.1 Å². The van der Waals surface area contributed by atoms with Gasteiger partial charge in [-0.1, -0.05) is 44.2 Å². The van der Waals surface area contributed by atoms with Gasteiger partial charge < -0.3 is 0 Å². The molecule has 22 heavy (non-hydrogen) atoms. The summed E-state index contributed by atoms with van der Waals surface area (Å²) in [5.41, 5.74) is 3.36. The lowest BCUT2D eigenvalue weighted by Gasteiger charge is -2.13. The number of benzene rings is 2. The Kier molecular flexibility index (Phi) is 7.33. The summed E-state index contributed by atoms with van der Waals surface area (Å²) in [6, 6.07) is 10.6. The SMILES string of the molecule is CC.CSc1c(F)cc(CC(=O)c2ccccc2)c(C)c1C. The van der Waals surface area contributed by atoms with Crippen molar-refractivity contribution in [2.24, 2.45) is 0 Å². The Labute approximate surface area is 136 Å². The Bertz CT molecular complexity index is 636. The van der Waals surface area contributed by atoms with Gasteiger partial charge in [-0.15, -0.1) is 11.8 Å². The molecular weight excluding hydrogens is 295 g/mol. The van der Waals surface area contributed by atoms with Gasteiger partial charge in [-0.3, -0.25) is 4.79 Å². The van der Waals surface area contributed by atoms with Gasteiger partial charge in [0.15, 0.2) is 5.78 Å². The molecule has 1 nitrogen and oxygen atoms in total. The van der Waals surface area contributed by atoms with Crippen molar-refractivity contribution in [2.45, 2.75) is 39.0 Å². The number of ketones is 1. The maximum Gasteiger partial charge on any atom is 0.167 e. The first-order chi connectivity index (χ1) is 10.5. The van der Waals surface area contributed by atoms with Crippen molar-refractivity contribution in [3.8, 4) is 0 Å². The summed E-state index contributed by atoms with van der Waals surface area (Å²) >= 11 is 1.40. The maximum absolute atomic E-state index is 14.0. The topological polar surface area (TPSA) is 17.1 Å². The normalized spacial score (nSPS) is 9.91. The summed E-state index contributed by atoms with van der Waals surface area (Å²) in [5, 5.41) is 0. The quantitative estimate of drug-likeness (QED) is 0.538. The van der Waals surface area contributed by atoms with Gasteiger partial charge in [-0.25, -0.2) is 4.39 Å². The molecule has 118 valence electrons. The number of hydrogen-bond donors (Lipinski definition) is 0. The highest BCUT2D eigenvalue weighted by atomic mass is 32.2. The van der Waals surface area contributed by atoms with Gasteiger partial charge in [0.2, 0.25) is 0 Å². The van der Waals surface area contributed by atoms with Gasteiger partial charge in [-0.2, -0.15) is 0 Å². The Hall–Kier alpha value is -1.61. The van der Waals surface area contributed by atoms with E-state index in [2.05, 4.69) is 0 Å². The third kappa shape index (κ3) is 4.20. The van der Waals surface area contributed by atoms with E-state index in [9.17, 15) is 9.18 Å². The molecule has 0 amide bonds. The molecular formula is C19H23FOS. The highest BCUT2D eigenvalue weighted by molar-refractivity contribution is 7.98. The zero-order valence-electron chi connectivity index (χ0n) is 13.9. The summed E-state index contributed by atoms with van der Waals surface area (Å²) in [4.78, 5) is 12.9. The first-order valence-corrected chi connectivity index (χ1v) is 8.68. The minimum Gasteiger partial charge on any atom is -0.294 e. The number of carbonyl (C=O) groups excluding carboxylic acids is 1. The number of Topliss-reactive ketones (excluding diaryl/α,β-unsaturated/α-hetero) is 1. The predicted molar refractivity (Wildman–Crippen MR) is 93.5 cm³/mol. The lowest BCUT2D eigenvalue weighted by Crippen LogP contribution is -2.07. The monoisotopic (exact) mass is 318 g/mol. The Morgan fingerprint density at radius 2 is 1.68 bits per heavy atom. The average molecular weight is 318 g/mol. The molecule has 0 saturated carbocycles. The Morgan fingerprint density at radius 3 is 2.23 bits per heavy atom. The van der Waals surface area contributed by atoms with Gasteiger partial charge in [0.05, 0.1) is 0 Å². The summed E-state index contributed by atoms with van der Waals surface area (Å²) in [7, 11) is 0. The van der Waals surface area contributed by atoms with Gasteiger partial charge in [0.25, 0.3) is 0 Å². The van der Waals surface area contributed by atoms with Crippen LogP contribution in [0.25, 0.3) is 0 Å². The zero-order chi connectivity index (χ0) is 16.7. The molecule has 0 heterocycles. The average Bonchev–Trinajstić information content (AvgIpc) is 2.55. The highest BCUT2D eigenvalue weighted by Gasteiger charge is 2.15. The van der Waals surface area contributed by atoms with Crippen LogP contribution in [0.5, 0.6) is 0 Å². The van der Waals surface area contributed by atoms with Crippen LogP contribution < -0.4 is 0 Å². The van der Waals surface area contributed by atoms with Crippen LogP contribution in [-0.4, -0.2) is 12.0 Å². The van der Waals surface area contributed by atoms with E-state index >= 15 is 0 Å². The number of hydrogen-bond acceptors (Lipinski definition) is 2. The van der Waals surface area contributed by atoms with Crippen LogP contribution in [0.1, 0.15) is 40.9 Å². The fourth-order valence-electron chi connectivity index (χ4n) is 2.25. The predicted octanol–water partition coefficient (Wildman–Crippen LogP) is 5.62. The van der Waals surface area contributed by atoms with Crippen LogP contribution in [-0.2, 0) is 6.42 Å². The van der Waals surface area contributed by atoms with E-state index in [4.69, 9.17) is 0 Å². The molecule has 2 rings (SSSR count). The molecule has 0 radical (unpaired) electrons. The number of rotatable bonds is 4. The van der Waals surface area contributed by atoms with Gasteiger partial charge >= 0.3 is 0 Å². The van der Waals surface area contributed by atoms with Gasteiger partial charge in [-0.05, 0) is 42.9 Å². The Balaban J connectivity index is 0.00000116. The summed E-state index contributed by atoms with van der Waals surface area (Å²) in [6.07, 6.45) is 2.10. The summed E-state index contributed by atoms with van der Waals surface area (Å²) in [6.45, 7) is 7.85. The van der Waals surface area contributed by atoms with E-state index in [1.54, 1.807) is 12.1 Å². The second kappa shape index (κ2) is 8.74. The molecule has 0 fully saturated rings. The minimum atomic E-state index is -0.239.